The summed E-state index contributed by atoms with van der Waals surface area (Å²) in [5, 5.41) is 4.74. The van der Waals surface area contributed by atoms with Gasteiger partial charge < -0.3 is 4.74 Å². The van der Waals surface area contributed by atoms with E-state index >= 15 is 0 Å². The molecule has 0 radical (unpaired) electrons. The summed E-state index contributed by atoms with van der Waals surface area (Å²) in [5.41, 5.74) is 6.00. The second-order valence-electron chi connectivity index (χ2n) is 8.24. The molecular formula is C23H27N3O. The quantitative estimate of drug-likeness (QED) is 0.609. The van der Waals surface area contributed by atoms with Gasteiger partial charge >= 0.3 is 0 Å². The van der Waals surface area contributed by atoms with E-state index in [9.17, 15) is 0 Å². The number of rotatable bonds is 3. The third-order valence-electron chi connectivity index (χ3n) is 5.24. The summed E-state index contributed by atoms with van der Waals surface area (Å²) < 4.78 is 8.11. The van der Waals surface area contributed by atoms with Crippen LogP contribution in [0.25, 0.3) is 22.4 Å². The maximum absolute atomic E-state index is 6.04. The van der Waals surface area contributed by atoms with Crippen molar-refractivity contribution in [2.75, 3.05) is 6.61 Å². The molecule has 2 aromatic heterocycles. The molecule has 3 aromatic rings. The monoisotopic (exact) mass is 361 g/mol. The number of benzene rings is 1. The van der Waals surface area contributed by atoms with Gasteiger partial charge in [-0.15, -0.1) is 0 Å². The minimum atomic E-state index is 0.00614. The molecule has 1 saturated heterocycles. The first kappa shape index (κ1) is 17.9. The lowest BCUT2D eigenvalue weighted by molar-refractivity contribution is -0.0383. The molecule has 0 aliphatic carbocycles. The van der Waals surface area contributed by atoms with E-state index in [0.717, 1.165) is 36.3 Å². The molecule has 0 spiro atoms. The summed E-state index contributed by atoms with van der Waals surface area (Å²) in [5.74, 6) is 0. The van der Waals surface area contributed by atoms with Crippen molar-refractivity contribution >= 4 is 0 Å². The molecule has 1 aliphatic rings. The lowest BCUT2D eigenvalue weighted by atomic mass is 9.86. The molecule has 1 fully saturated rings. The summed E-state index contributed by atoms with van der Waals surface area (Å²) in [7, 11) is 0. The number of nitrogens with zero attached hydrogens (tertiary/aromatic N) is 3. The highest BCUT2D eigenvalue weighted by Crippen LogP contribution is 2.36. The summed E-state index contributed by atoms with van der Waals surface area (Å²) >= 11 is 0. The minimum Gasteiger partial charge on any atom is -0.356 e. The largest absolute Gasteiger partial charge is 0.356 e. The molecule has 0 bridgehead atoms. The van der Waals surface area contributed by atoms with Gasteiger partial charge in [0.15, 0.2) is 6.23 Å². The van der Waals surface area contributed by atoms with E-state index in [1.165, 1.54) is 17.5 Å². The minimum absolute atomic E-state index is 0.00614. The molecule has 3 heterocycles. The highest BCUT2D eigenvalue weighted by atomic mass is 16.5. The molecule has 4 nitrogen and oxygen atoms in total. The van der Waals surface area contributed by atoms with Crippen LogP contribution >= 0.6 is 0 Å². The van der Waals surface area contributed by atoms with Crippen LogP contribution in [0.2, 0.25) is 0 Å². The molecule has 4 rings (SSSR count). The maximum Gasteiger partial charge on any atom is 0.150 e. The van der Waals surface area contributed by atoms with Crippen LogP contribution in [0.15, 0.2) is 55.0 Å². The van der Waals surface area contributed by atoms with E-state index in [1.54, 1.807) is 0 Å². The molecule has 0 amide bonds. The average Bonchev–Trinajstić information content (AvgIpc) is 3.14. The maximum atomic E-state index is 6.04. The zero-order valence-electron chi connectivity index (χ0n) is 16.4. The van der Waals surface area contributed by atoms with Gasteiger partial charge in [-0.05, 0) is 47.9 Å². The molecule has 4 heteroatoms. The fourth-order valence-electron chi connectivity index (χ4n) is 3.66. The van der Waals surface area contributed by atoms with Gasteiger partial charge in [-0.1, -0.05) is 45.0 Å². The van der Waals surface area contributed by atoms with Crippen LogP contribution in [0.5, 0.6) is 0 Å². The number of aromatic nitrogens is 3. The Balaban J connectivity index is 1.82. The van der Waals surface area contributed by atoms with Crippen molar-refractivity contribution in [3.8, 4) is 22.4 Å². The molecule has 1 unspecified atom stereocenters. The van der Waals surface area contributed by atoms with Gasteiger partial charge in [0, 0.05) is 30.1 Å². The highest BCUT2D eigenvalue weighted by Gasteiger charge is 2.23. The second kappa shape index (κ2) is 7.28. The van der Waals surface area contributed by atoms with Crippen molar-refractivity contribution in [2.45, 2.75) is 51.7 Å². The number of pyridine rings is 1. The van der Waals surface area contributed by atoms with E-state index in [-0.39, 0.29) is 11.6 Å². The Morgan fingerprint density at radius 3 is 2.33 bits per heavy atom. The zero-order valence-corrected chi connectivity index (χ0v) is 16.4. The first-order chi connectivity index (χ1) is 13.0. The van der Waals surface area contributed by atoms with Crippen LogP contribution in [-0.4, -0.2) is 21.4 Å². The van der Waals surface area contributed by atoms with Gasteiger partial charge in [0.2, 0.25) is 0 Å². The Morgan fingerprint density at radius 2 is 1.70 bits per heavy atom. The molecule has 1 atom stereocenters. The van der Waals surface area contributed by atoms with E-state index in [2.05, 4.69) is 54.7 Å². The Labute approximate surface area is 161 Å². The van der Waals surface area contributed by atoms with Crippen molar-refractivity contribution in [3.63, 3.8) is 0 Å². The summed E-state index contributed by atoms with van der Waals surface area (Å²) in [6, 6.07) is 12.9. The molecule has 0 saturated carbocycles. The fraction of sp³-hybridized carbons (Fsp3) is 0.391. The highest BCUT2D eigenvalue weighted by molar-refractivity contribution is 5.80. The predicted molar refractivity (Wildman–Crippen MR) is 108 cm³/mol. The third kappa shape index (κ3) is 3.67. The van der Waals surface area contributed by atoms with Crippen molar-refractivity contribution in [2.24, 2.45) is 0 Å². The predicted octanol–water partition coefficient (Wildman–Crippen LogP) is 5.61. The Morgan fingerprint density at radius 1 is 0.963 bits per heavy atom. The van der Waals surface area contributed by atoms with Gasteiger partial charge in [0.05, 0.1) is 11.9 Å². The molecule has 27 heavy (non-hydrogen) atoms. The third-order valence-corrected chi connectivity index (χ3v) is 5.24. The molecular weight excluding hydrogens is 334 g/mol. The van der Waals surface area contributed by atoms with Crippen LogP contribution < -0.4 is 0 Å². The molecule has 1 aliphatic heterocycles. The van der Waals surface area contributed by atoms with Gasteiger partial charge in [0.25, 0.3) is 0 Å². The van der Waals surface area contributed by atoms with Crippen LogP contribution in [0.1, 0.15) is 51.8 Å². The van der Waals surface area contributed by atoms with E-state index < -0.39 is 0 Å². The second-order valence-corrected chi connectivity index (χ2v) is 8.24. The standard InChI is InChI=1S/C23H27N3O/c1-23(2,3)19-9-7-18(8-10-19)22-20(17-11-13-24-14-12-17)16-25-26(22)21-6-4-5-15-27-21/h7-14,16,21H,4-6,15H2,1-3H3. The number of hydrogen-bond acceptors (Lipinski definition) is 3. The zero-order chi connectivity index (χ0) is 18.9. The van der Waals surface area contributed by atoms with Gasteiger partial charge in [-0.2, -0.15) is 5.10 Å². The molecule has 1 aromatic carbocycles. The Bertz CT molecular complexity index is 886. The van der Waals surface area contributed by atoms with Crippen molar-refractivity contribution < 1.29 is 4.74 Å². The molecule has 140 valence electrons. The van der Waals surface area contributed by atoms with Crippen LogP contribution in [0, 0.1) is 0 Å². The summed E-state index contributed by atoms with van der Waals surface area (Å²) in [6.45, 7) is 7.52. The van der Waals surface area contributed by atoms with Crippen molar-refractivity contribution in [1.82, 2.24) is 14.8 Å². The number of ether oxygens (including phenoxy) is 1. The van der Waals surface area contributed by atoms with Crippen LogP contribution in [0.3, 0.4) is 0 Å². The van der Waals surface area contributed by atoms with Gasteiger partial charge in [-0.3, -0.25) is 4.98 Å². The average molecular weight is 361 g/mol. The smallest absolute Gasteiger partial charge is 0.150 e. The Hall–Kier alpha value is -2.46. The topological polar surface area (TPSA) is 39.9 Å². The lowest BCUT2D eigenvalue weighted by Crippen LogP contribution is -2.20. The first-order valence-corrected chi connectivity index (χ1v) is 9.74. The SMILES string of the molecule is CC(C)(C)c1ccc(-c2c(-c3ccncc3)cnn2C2CCCCO2)cc1. The summed E-state index contributed by atoms with van der Waals surface area (Å²) in [6.07, 6.45) is 8.94. The van der Waals surface area contributed by atoms with Crippen molar-refractivity contribution in [1.29, 1.82) is 0 Å². The van der Waals surface area contributed by atoms with Crippen LogP contribution in [0.4, 0.5) is 0 Å². The fourth-order valence-corrected chi connectivity index (χ4v) is 3.66. The van der Waals surface area contributed by atoms with Crippen LogP contribution in [-0.2, 0) is 10.2 Å². The number of hydrogen-bond donors (Lipinski definition) is 0. The van der Waals surface area contributed by atoms with E-state index in [0.29, 0.717) is 0 Å². The van der Waals surface area contributed by atoms with E-state index in [1.807, 2.05) is 30.7 Å². The summed E-state index contributed by atoms with van der Waals surface area (Å²) in [4.78, 5) is 4.16. The lowest BCUT2D eigenvalue weighted by Gasteiger charge is -2.25. The van der Waals surface area contributed by atoms with Gasteiger partial charge in [0.1, 0.15) is 0 Å². The first-order valence-electron chi connectivity index (χ1n) is 9.74. The van der Waals surface area contributed by atoms with E-state index in [4.69, 9.17) is 9.84 Å². The molecule has 0 N–H and O–H groups in total. The normalized spacial score (nSPS) is 17.8. The Kier molecular flexibility index (Phi) is 4.83. The van der Waals surface area contributed by atoms with Crippen molar-refractivity contribution in [3.05, 3.63) is 60.6 Å². The van der Waals surface area contributed by atoms with Gasteiger partial charge in [-0.25, -0.2) is 4.68 Å².